The van der Waals surface area contributed by atoms with Crippen molar-refractivity contribution in [2.45, 2.75) is 59.4 Å². The Kier molecular flexibility index (Phi) is 7.99. The minimum atomic E-state index is -0.645. The molecule has 1 aromatic heterocycles. The molecule has 2 aromatic rings. The van der Waals surface area contributed by atoms with Crippen molar-refractivity contribution in [2.24, 2.45) is 0 Å². The summed E-state index contributed by atoms with van der Waals surface area (Å²) in [5.74, 6) is 0.328. The van der Waals surface area contributed by atoms with E-state index >= 15 is 0 Å². The summed E-state index contributed by atoms with van der Waals surface area (Å²) >= 11 is 0. The van der Waals surface area contributed by atoms with Crippen LogP contribution in [0.2, 0.25) is 0 Å². The maximum Gasteiger partial charge on any atom is 0.338 e. The lowest BCUT2D eigenvalue weighted by atomic mass is 10.2. The minimum absolute atomic E-state index is 0.254. The van der Waals surface area contributed by atoms with Crippen LogP contribution < -0.4 is 14.8 Å². The third kappa shape index (κ3) is 5.30. The van der Waals surface area contributed by atoms with Crippen molar-refractivity contribution in [1.82, 2.24) is 4.57 Å². The standard InChI is InChI=1S/C25H31N3O5/c1-5-31-21-12-11-18(13-22(21)32-6-2)25(30)33-15-23(29)27-24-20(14-26)16(3)17(4)28(24)19-9-7-8-10-19/h11-13,19H,5-10,15H2,1-4H3,(H,27,29). The Morgan fingerprint density at radius 1 is 1.12 bits per heavy atom. The van der Waals surface area contributed by atoms with Gasteiger partial charge in [-0.25, -0.2) is 4.79 Å². The Bertz CT molecular complexity index is 1060. The Labute approximate surface area is 194 Å². The van der Waals surface area contributed by atoms with Gasteiger partial charge in [-0.3, -0.25) is 4.79 Å². The highest BCUT2D eigenvalue weighted by Crippen LogP contribution is 2.37. The highest BCUT2D eigenvalue weighted by Gasteiger charge is 2.27. The smallest absolute Gasteiger partial charge is 0.338 e. The summed E-state index contributed by atoms with van der Waals surface area (Å²) in [6.45, 7) is 7.97. The molecule has 1 aliphatic carbocycles. The van der Waals surface area contributed by atoms with Crippen LogP contribution in [0.25, 0.3) is 0 Å². The van der Waals surface area contributed by atoms with Gasteiger partial charge in [-0.05, 0) is 64.3 Å². The molecular formula is C25H31N3O5. The monoisotopic (exact) mass is 453 g/mol. The summed E-state index contributed by atoms with van der Waals surface area (Å²) in [4.78, 5) is 25.2. The number of aromatic nitrogens is 1. The second kappa shape index (κ2) is 10.9. The molecule has 0 bridgehead atoms. The lowest BCUT2D eigenvalue weighted by Gasteiger charge is -2.19. The number of benzene rings is 1. The molecule has 176 valence electrons. The summed E-state index contributed by atoms with van der Waals surface area (Å²) in [6, 6.07) is 7.22. The lowest BCUT2D eigenvalue weighted by Crippen LogP contribution is -2.24. The fourth-order valence-corrected chi connectivity index (χ4v) is 4.27. The first-order valence-electron chi connectivity index (χ1n) is 11.4. The SMILES string of the molecule is CCOc1ccc(C(=O)OCC(=O)Nc2c(C#N)c(C)c(C)n2C2CCCC2)cc1OCC. The average molecular weight is 454 g/mol. The van der Waals surface area contributed by atoms with Gasteiger partial charge in [-0.2, -0.15) is 5.26 Å². The topological polar surface area (TPSA) is 103 Å². The number of hydrogen-bond donors (Lipinski definition) is 1. The van der Waals surface area contributed by atoms with E-state index in [-0.39, 0.29) is 11.6 Å². The predicted octanol–water partition coefficient (Wildman–Crippen LogP) is 4.68. The number of ether oxygens (including phenoxy) is 3. The lowest BCUT2D eigenvalue weighted by molar-refractivity contribution is -0.119. The first-order chi connectivity index (χ1) is 15.9. The molecule has 0 atom stereocenters. The summed E-state index contributed by atoms with van der Waals surface area (Å²) in [5, 5.41) is 12.5. The summed E-state index contributed by atoms with van der Waals surface area (Å²) in [5.41, 5.74) is 2.54. The quantitative estimate of drug-likeness (QED) is 0.553. The van der Waals surface area contributed by atoms with Crippen molar-refractivity contribution in [3.05, 3.63) is 40.6 Å². The molecule has 8 nitrogen and oxygen atoms in total. The maximum absolute atomic E-state index is 12.7. The summed E-state index contributed by atoms with van der Waals surface area (Å²) in [7, 11) is 0. The van der Waals surface area contributed by atoms with Crippen LogP contribution in [0.1, 0.15) is 72.8 Å². The Morgan fingerprint density at radius 3 is 2.42 bits per heavy atom. The molecule has 0 spiro atoms. The van der Waals surface area contributed by atoms with E-state index in [0.29, 0.717) is 36.1 Å². The van der Waals surface area contributed by atoms with Crippen LogP contribution in [-0.2, 0) is 9.53 Å². The van der Waals surface area contributed by atoms with Crippen molar-refractivity contribution >= 4 is 17.7 Å². The van der Waals surface area contributed by atoms with Gasteiger partial charge < -0.3 is 24.1 Å². The number of rotatable bonds is 9. The van der Waals surface area contributed by atoms with E-state index in [1.165, 1.54) is 0 Å². The Balaban J connectivity index is 1.71. The van der Waals surface area contributed by atoms with Gasteiger partial charge in [0.15, 0.2) is 18.1 Å². The van der Waals surface area contributed by atoms with Gasteiger partial charge >= 0.3 is 5.97 Å². The van der Waals surface area contributed by atoms with Gasteiger partial charge in [-0.1, -0.05) is 12.8 Å². The maximum atomic E-state index is 12.7. The van der Waals surface area contributed by atoms with Crippen molar-refractivity contribution in [3.63, 3.8) is 0 Å². The molecule has 1 aromatic carbocycles. The van der Waals surface area contributed by atoms with Gasteiger partial charge in [0.1, 0.15) is 11.9 Å². The van der Waals surface area contributed by atoms with E-state index in [1.807, 2.05) is 27.7 Å². The van der Waals surface area contributed by atoms with Gasteiger partial charge in [0.2, 0.25) is 0 Å². The fourth-order valence-electron chi connectivity index (χ4n) is 4.27. The summed E-state index contributed by atoms with van der Waals surface area (Å²) in [6.07, 6.45) is 4.27. The molecule has 1 saturated carbocycles. The first kappa shape index (κ1) is 24.2. The van der Waals surface area contributed by atoms with E-state index in [4.69, 9.17) is 14.2 Å². The largest absolute Gasteiger partial charge is 0.490 e. The zero-order chi connectivity index (χ0) is 24.0. The normalized spacial score (nSPS) is 13.4. The van der Waals surface area contributed by atoms with Gasteiger partial charge in [0.25, 0.3) is 5.91 Å². The van der Waals surface area contributed by atoms with E-state index in [1.54, 1.807) is 18.2 Å². The van der Waals surface area contributed by atoms with E-state index in [2.05, 4.69) is 16.0 Å². The first-order valence-corrected chi connectivity index (χ1v) is 11.4. The molecule has 1 aliphatic rings. The number of anilines is 1. The van der Waals surface area contributed by atoms with Crippen LogP contribution in [0.4, 0.5) is 5.82 Å². The van der Waals surface area contributed by atoms with E-state index in [9.17, 15) is 14.9 Å². The van der Waals surface area contributed by atoms with Crippen LogP contribution in [0.3, 0.4) is 0 Å². The van der Waals surface area contributed by atoms with Crippen LogP contribution in [0.15, 0.2) is 18.2 Å². The number of esters is 1. The molecule has 1 heterocycles. The molecule has 0 radical (unpaired) electrons. The number of carbonyl (C=O) groups is 2. The van der Waals surface area contributed by atoms with Crippen LogP contribution in [-0.4, -0.2) is 36.3 Å². The number of amides is 1. The number of hydrogen-bond acceptors (Lipinski definition) is 6. The second-order valence-electron chi connectivity index (χ2n) is 8.01. The highest BCUT2D eigenvalue weighted by molar-refractivity contribution is 5.96. The zero-order valence-corrected chi connectivity index (χ0v) is 19.7. The molecule has 33 heavy (non-hydrogen) atoms. The van der Waals surface area contributed by atoms with Gasteiger partial charge in [0.05, 0.1) is 24.3 Å². The van der Waals surface area contributed by atoms with Crippen molar-refractivity contribution in [2.75, 3.05) is 25.1 Å². The van der Waals surface area contributed by atoms with Gasteiger partial charge in [0, 0.05) is 11.7 Å². The predicted molar refractivity (Wildman–Crippen MR) is 124 cm³/mol. The molecule has 3 rings (SSSR count). The number of carbonyl (C=O) groups excluding carboxylic acids is 2. The molecule has 0 aliphatic heterocycles. The molecular weight excluding hydrogens is 422 g/mol. The number of nitrogens with zero attached hydrogens (tertiary/aromatic N) is 2. The van der Waals surface area contributed by atoms with E-state index in [0.717, 1.165) is 36.9 Å². The third-order valence-electron chi connectivity index (χ3n) is 5.93. The fraction of sp³-hybridized carbons (Fsp3) is 0.480. The van der Waals surface area contributed by atoms with Crippen LogP contribution >= 0.6 is 0 Å². The zero-order valence-electron chi connectivity index (χ0n) is 19.7. The Hall–Kier alpha value is -3.47. The second-order valence-corrected chi connectivity index (χ2v) is 8.01. The van der Waals surface area contributed by atoms with Crippen molar-refractivity contribution in [1.29, 1.82) is 5.26 Å². The number of nitrogens with one attached hydrogen (secondary N) is 1. The van der Waals surface area contributed by atoms with Crippen molar-refractivity contribution in [3.8, 4) is 17.6 Å². The van der Waals surface area contributed by atoms with Gasteiger partial charge in [-0.15, -0.1) is 0 Å². The average Bonchev–Trinajstić information content (AvgIpc) is 3.40. The van der Waals surface area contributed by atoms with E-state index < -0.39 is 18.5 Å². The molecule has 0 saturated heterocycles. The summed E-state index contributed by atoms with van der Waals surface area (Å²) < 4.78 is 18.3. The molecule has 1 amide bonds. The molecule has 0 unspecified atom stereocenters. The molecule has 1 fully saturated rings. The molecule has 8 heteroatoms. The number of nitriles is 1. The third-order valence-corrected chi connectivity index (χ3v) is 5.93. The van der Waals surface area contributed by atoms with Crippen molar-refractivity contribution < 1.29 is 23.8 Å². The molecule has 1 N–H and O–H groups in total. The van der Waals surface area contributed by atoms with Crippen LogP contribution in [0, 0.1) is 25.2 Å². The Morgan fingerprint density at radius 2 is 1.79 bits per heavy atom. The minimum Gasteiger partial charge on any atom is -0.490 e. The highest BCUT2D eigenvalue weighted by atomic mass is 16.5. The van der Waals surface area contributed by atoms with Crippen LogP contribution in [0.5, 0.6) is 11.5 Å².